The van der Waals surface area contributed by atoms with Gasteiger partial charge >= 0.3 is 0 Å². The summed E-state index contributed by atoms with van der Waals surface area (Å²) < 4.78 is 0. The van der Waals surface area contributed by atoms with Crippen LogP contribution in [0.4, 0.5) is 0 Å². The Morgan fingerprint density at radius 3 is 2.62 bits per heavy atom. The number of benzene rings is 1. The first-order valence-corrected chi connectivity index (χ1v) is 7.54. The van der Waals surface area contributed by atoms with Crippen LogP contribution in [0.2, 0.25) is 0 Å². The van der Waals surface area contributed by atoms with Gasteiger partial charge in [0.2, 0.25) is 0 Å². The molecule has 0 aromatic heterocycles. The molecule has 0 radical (unpaired) electrons. The molecule has 3 N–H and O–H groups in total. The minimum Gasteiger partial charge on any atom is -0.350 e. The van der Waals surface area contributed by atoms with Crippen LogP contribution in [-0.4, -0.2) is 18.5 Å². The molecule has 1 aromatic rings. The molecule has 0 fully saturated rings. The van der Waals surface area contributed by atoms with Crippen LogP contribution < -0.4 is 11.1 Å². The molecule has 3 heteroatoms. The van der Waals surface area contributed by atoms with E-state index in [1.54, 1.807) is 0 Å². The van der Waals surface area contributed by atoms with Gasteiger partial charge in [0.15, 0.2) is 0 Å². The van der Waals surface area contributed by atoms with Gasteiger partial charge in [-0.1, -0.05) is 37.3 Å². The molecule has 114 valence electrons. The third kappa shape index (κ3) is 6.01. The van der Waals surface area contributed by atoms with Crippen LogP contribution in [0.3, 0.4) is 0 Å². The summed E-state index contributed by atoms with van der Waals surface area (Å²) >= 11 is 0. The zero-order chi connectivity index (χ0) is 15.8. The van der Waals surface area contributed by atoms with Crippen molar-refractivity contribution in [2.75, 3.05) is 6.54 Å². The number of amides is 1. The topological polar surface area (TPSA) is 55.1 Å². The molecule has 3 nitrogen and oxygen atoms in total. The van der Waals surface area contributed by atoms with Gasteiger partial charge < -0.3 is 11.1 Å². The number of aryl methyl sites for hydroxylation is 1. The minimum atomic E-state index is -0.0590. The van der Waals surface area contributed by atoms with Crippen LogP contribution in [0, 0.1) is 24.7 Å². The molecule has 1 atom stereocenters. The van der Waals surface area contributed by atoms with Crippen molar-refractivity contribution in [3.05, 3.63) is 34.9 Å². The molecule has 0 aliphatic carbocycles. The summed E-state index contributed by atoms with van der Waals surface area (Å²) in [5.74, 6) is 6.37. The van der Waals surface area contributed by atoms with Crippen LogP contribution in [0.25, 0.3) is 0 Å². The molecular formula is C18H26N2O. The minimum absolute atomic E-state index is 0.0590. The van der Waals surface area contributed by atoms with Gasteiger partial charge in [-0.15, -0.1) is 0 Å². The van der Waals surface area contributed by atoms with Gasteiger partial charge in [0.1, 0.15) is 0 Å². The average Bonchev–Trinajstić information content (AvgIpc) is 2.43. The summed E-state index contributed by atoms with van der Waals surface area (Å²) in [4.78, 5) is 12.4. The normalized spacial score (nSPS) is 11.7. The molecule has 0 aliphatic heterocycles. The zero-order valence-electron chi connectivity index (χ0n) is 13.5. The Hall–Kier alpha value is -1.79. The highest BCUT2D eigenvalue weighted by Gasteiger charge is 2.13. The predicted molar refractivity (Wildman–Crippen MR) is 88.1 cm³/mol. The Bertz CT molecular complexity index is 538. The fourth-order valence-corrected chi connectivity index (χ4v) is 2.06. The largest absolute Gasteiger partial charge is 0.350 e. The van der Waals surface area contributed by atoms with Gasteiger partial charge in [-0.3, -0.25) is 4.79 Å². The van der Waals surface area contributed by atoms with Gasteiger partial charge in [-0.2, -0.15) is 0 Å². The van der Waals surface area contributed by atoms with E-state index in [-0.39, 0.29) is 11.9 Å². The van der Waals surface area contributed by atoms with E-state index in [1.165, 1.54) is 0 Å². The van der Waals surface area contributed by atoms with Crippen LogP contribution in [0.15, 0.2) is 18.2 Å². The number of carbonyl (C=O) groups is 1. The first-order valence-electron chi connectivity index (χ1n) is 7.54. The van der Waals surface area contributed by atoms with E-state index >= 15 is 0 Å². The number of carbonyl (C=O) groups excluding carboxylic acids is 1. The van der Waals surface area contributed by atoms with Crippen molar-refractivity contribution >= 4 is 5.91 Å². The molecule has 0 saturated heterocycles. The van der Waals surface area contributed by atoms with E-state index in [9.17, 15) is 4.79 Å². The second kappa shape index (κ2) is 8.49. The van der Waals surface area contributed by atoms with Crippen molar-refractivity contribution < 1.29 is 4.79 Å². The molecule has 1 unspecified atom stereocenters. The van der Waals surface area contributed by atoms with E-state index in [4.69, 9.17) is 5.73 Å². The van der Waals surface area contributed by atoms with E-state index in [2.05, 4.69) is 31.0 Å². The lowest BCUT2D eigenvalue weighted by atomic mass is 10.0. The number of rotatable bonds is 5. The van der Waals surface area contributed by atoms with Crippen LogP contribution in [-0.2, 0) is 0 Å². The highest BCUT2D eigenvalue weighted by Crippen LogP contribution is 2.12. The molecule has 0 bridgehead atoms. The van der Waals surface area contributed by atoms with Crippen LogP contribution >= 0.6 is 0 Å². The van der Waals surface area contributed by atoms with E-state index in [0.717, 1.165) is 24.0 Å². The Balaban J connectivity index is 2.83. The maximum atomic E-state index is 12.4. The first-order chi connectivity index (χ1) is 9.93. The average molecular weight is 286 g/mol. The smallest absolute Gasteiger partial charge is 0.252 e. The van der Waals surface area contributed by atoms with Gasteiger partial charge in [0, 0.05) is 11.6 Å². The third-order valence-electron chi connectivity index (χ3n) is 3.30. The maximum Gasteiger partial charge on any atom is 0.252 e. The summed E-state index contributed by atoms with van der Waals surface area (Å²) in [5, 5.41) is 3.06. The molecule has 1 rings (SSSR count). The van der Waals surface area contributed by atoms with Crippen molar-refractivity contribution in [1.29, 1.82) is 0 Å². The standard InChI is InChI=1S/C18H26N2O/c1-13(2)7-9-15(4)20-18(21)17-12-14(3)8-10-16(17)6-5-11-19/h8,10,12-13,15H,7,9,11,19H2,1-4H3,(H,20,21). The van der Waals surface area contributed by atoms with Crippen molar-refractivity contribution in [1.82, 2.24) is 5.32 Å². The van der Waals surface area contributed by atoms with E-state index < -0.39 is 0 Å². The lowest BCUT2D eigenvalue weighted by molar-refractivity contribution is 0.0937. The van der Waals surface area contributed by atoms with Crippen molar-refractivity contribution in [2.45, 2.75) is 46.6 Å². The van der Waals surface area contributed by atoms with Gasteiger partial charge in [0.25, 0.3) is 5.91 Å². The fourth-order valence-electron chi connectivity index (χ4n) is 2.06. The maximum absolute atomic E-state index is 12.4. The SMILES string of the molecule is Cc1ccc(C#CCN)c(C(=O)NC(C)CCC(C)C)c1. The Labute approximate surface area is 128 Å². The van der Waals surface area contributed by atoms with E-state index in [1.807, 2.05) is 32.0 Å². The third-order valence-corrected chi connectivity index (χ3v) is 3.30. The highest BCUT2D eigenvalue weighted by molar-refractivity contribution is 5.97. The van der Waals surface area contributed by atoms with Gasteiger partial charge in [-0.25, -0.2) is 0 Å². The molecule has 0 aliphatic rings. The Morgan fingerprint density at radius 2 is 2.00 bits per heavy atom. The molecule has 1 aromatic carbocycles. The number of nitrogens with two attached hydrogens (primary N) is 1. The summed E-state index contributed by atoms with van der Waals surface area (Å²) in [6, 6.07) is 5.88. The van der Waals surface area contributed by atoms with Crippen molar-refractivity contribution in [3.63, 3.8) is 0 Å². The van der Waals surface area contributed by atoms with Crippen molar-refractivity contribution in [3.8, 4) is 11.8 Å². The number of hydrogen-bond donors (Lipinski definition) is 2. The van der Waals surface area contributed by atoms with E-state index in [0.29, 0.717) is 18.0 Å². The molecule has 1 amide bonds. The monoisotopic (exact) mass is 286 g/mol. The van der Waals surface area contributed by atoms with Crippen LogP contribution in [0.5, 0.6) is 0 Å². The Morgan fingerprint density at radius 1 is 1.29 bits per heavy atom. The van der Waals surface area contributed by atoms with Gasteiger partial charge in [-0.05, 0) is 44.7 Å². The quantitative estimate of drug-likeness (QED) is 0.818. The second-order valence-electron chi connectivity index (χ2n) is 5.90. The number of hydrogen-bond acceptors (Lipinski definition) is 2. The molecule has 0 saturated carbocycles. The summed E-state index contributed by atoms with van der Waals surface area (Å²) in [7, 11) is 0. The van der Waals surface area contributed by atoms with Gasteiger partial charge in [0.05, 0.1) is 12.1 Å². The second-order valence-corrected chi connectivity index (χ2v) is 5.90. The molecule has 0 spiro atoms. The summed E-state index contributed by atoms with van der Waals surface area (Å²) in [5.41, 5.74) is 7.82. The fraction of sp³-hybridized carbons (Fsp3) is 0.500. The molecular weight excluding hydrogens is 260 g/mol. The number of nitrogens with one attached hydrogen (secondary N) is 1. The highest BCUT2D eigenvalue weighted by atomic mass is 16.1. The summed E-state index contributed by atoms with van der Waals surface area (Å²) in [6.07, 6.45) is 2.09. The lowest BCUT2D eigenvalue weighted by Crippen LogP contribution is -2.33. The first kappa shape index (κ1) is 17.3. The zero-order valence-corrected chi connectivity index (χ0v) is 13.5. The molecule has 21 heavy (non-hydrogen) atoms. The predicted octanol–water partition coefficient (Wildman–Crippen LogP) is 2.86. The lowest BCUT2D eigenvalue weighted by Gasteiger charge is -2.16. The van der Waals surface area contributed by atoms with Crippen LogP contribution in [0.1, 0.15) is 55.1 Å². The van der Waals surface area contributed by atoms with Crippen molar-refractivity contribution in [2.24, 2.45) is 11.7 Å². The summed E-state index contributed by atoms with van der Waals surface area (Å²) in [6.45, 7) is 8.69. The molecule has 0 heterocycles. The Kier molecular flexibility index (Phi) is 6.98.